The maximum absolute atomic E-state index is 13.8. The first kappa shape index (κ1) is 13.4. The van der Waals surface area contributed by atoms with Crippen LogP contribution in [0.1, 0.15) is 11.1 Å². The van der Waals surface area contributed by atoms with E-state index in [1.165, 1.54) is 17.8 Å². The van der Waals surface area contributed by atoms with Crippen LogP contribution < -0.4 is 5.73 Å². The highest BCUT2D eigenvalue weighted by atomic mass is 32.2. The first-order valence-corrected chi connectivity index (χ1v) is 6.63. The minimum Gasteiger partial charge on any atom is -0.409 e. The summed E-state index contributed by atoms with van der Waals surface area (Å²) in [6.07, 6.45) is 0. The number of rotatable bonds is 4. The Kier molecular flexibility index (Phi) is 4.41. The third kappa shape index (κ3) is 3.48. The Morgan fingerprint density at radius 1 is 1.21 bits per heavy atom. The number of nitrogens with two attached hydrogens (primary N) is 1. The van der Waals surface area contributed by atoms with Crippen molar-refractivity contribution in [1.82, 2.24) is 0 Å². The Hall–Kier alpha value is -2.01. The number of benzene rings is 2. The van der Waals surface area contributed by atoms with Crippen molar-refractivity contribution in [2.75, 3.05) is 0 Å². The third-order valence-electron chi connectivity index (χ3n) is 2.57. The maximum atomic E-state index is 13.8. The molecule has 0 radical (unpaired) electrons. The Bertz CT molecular complexity index is 587. The molecule has 0 aliphatic carbocycles. The third-order valence-corrected chi connectivity index (χ3v) is 3.69. The standard InChI is InChI=1S/C14H13FN2OS/c15-12-8-11(14(16)17-18)6-7-13(12)19-9-10-4-2-1-3-5-10/h1-8,18H,9H2,(H2,16,17). The summed E-state index contributed by atoms with van der Waals surface area (Å²) >= 11 is 1.41. The lowest BCUT2D eigenvalue weighted by Crippen LogP contribution is -2.13. The van der Waals surface area contributed by atoms with Gasteiger partial charge >= 0.3 is 0 Å². The summed E-state index contributed by atoms with van der Waals surface area (Å²) in [4.78, 5) is 0.540. The highest BCUT2D eigenvalue weighted by molar-refractivity contribution is 7.98. The summed E-state index contributed by atoms with van der Waals surface area (Å²) in [5.74, 6) is 0.226. The minimum atomic E-state index is -0.370. The van der Waals surface area contributed by atoms with Gasteiger partial charge in [0.15, 0.2) is 5.84 Å². The lowest BCUT2D eigenvalue weighted by molar-refractivity contribution is 0.318. The van der Waals surface area contributed by atoms with E-state index in [0.29, 0.717) is 16.2 Å². The van der Waals surface area contributed by atoms with E-state index < -0.39 is 0 Å². The molecule has 0 unspecified atom stereocenters. The summed E-state index contributed by atoms with van der Waals surface area (Å²) in [5.41, 5.74) is 6.90. The molecule has 0 aromatic heterocycles. The van der Waals surface area contributed by atoms with Crippen LogP contribution in [0.4, 0.5) is 4.39 Å². The molecule has 0 heterocycles. The Labute approximate surface area is 114 Å². The van der Waals surface area contributed by atoms with Gasteiger partial charge in [0.25, 0.3) is 0 Å². The number of nitrogens with zero attached hydrogens (tertiary/aromatic N) is 1. The van der Waals surface area contributed by atoms with Crippen LogP contribution in [0.15, 0.2) is 58.6 Å². The average molecular weight is 276 g/mol. The van der Waals surface area contributed by atoms with Crippen LogP contribution in [-0.2, 0) is 5.75 Å². The van der Waals surface area contributed by atoms with Crippen LogP contribution >= 0.6 is 11.8 Å². The predicted molar refractivity (Wildman–Crippen MR) is 74.9 cm³/mol. The molecule has 0 amide bonds. The van der Waals surface area contributed by atoms with Crippen molar-refractivity contribution in [2.45, 2.75) is 10.6 Å². The number of hydrogen-bond donors (Lipinski definition) is 2. The molecular formula is C14H13FN2OS. The molecule has 2 aromatic rings. The van der Waals surface area contributed by atoms with E-state index in [-0.39, 0.29) is 11.7 Å². The summed E-state index contributed by atoms with van der Waals surface area (Å²) in [7, 11) is 0. The highest BCUT2D eigenvalue weighted by Gasteiger charge is 2.07. The van der Waals surface area contributed by atoms with Gasteiger partial charge in [-0.1, -0.05) is 35.5 Å². The van der Waals surface area contributed by atoms with E-state index >= 15 is 0 Å². The molecule has 0 spiro atoms. The maximum Gasteiger partial charge on any atom is 0.170 e. The van der Waals surface area contributed by atoms with Crippen LogP contribution in [0.5, 0.6) is 0 Å². The first-order chi connectivity index (χ1) is 9.20. The molecule has 0 aliphatic rings. The lowest BCUT2D eigenvalue weighted by Gasteiger charge is -2.05. The van der Waals surface area contributed by atoms with E-state index in [9.17, 15) is 4.39 Å². The number of amidine groups is 1. The number of hydrogen-bond acceptors (Lipinski definition) is 3. The molecule has 98 valence electrons. The quantitative estimate of drug-likeness (QED) is 0.296. The first-order valence-electron chi connectivity index (χ1n) is 5.65. The van der Waals surface area contributed by atoms with Gasteiger partial charge in [-0.2, -0.15) is 0 Å². The van der Waals surface area contributed by atoms with Crippen molar-refractivity contribution in [2.24, 2.45) is 10.9 Å². The largest absolute Gasteiger partial charge is 0.409 e. The molecule has 0 saturated heterocycles. The molecule has 0 saturated carbocycles. The van der Waals surface area contributed by atoms with Crippen molar-refractivity contribution in [1.29, 1.82) is 0 Å². The van der Waals surface area contributed by atoms with E-state index in [1.807, 2.05) is 30.3 Å². The molecule has 0 fully saturated rings. The topological polar surface area (TPSA) is 58.6 Å². The fourth-order valence-corrected chi connectivity index (χ4v) is 2.45. The summed E-state index contributed by atoms with van der Waals surface area (Å²) in [5, 5.41) is 11.4. The summed E-state index contributed by atoms with van der Waals surface area (Å²) < 4.78 is 13.8. The molecular weight excluding hydrogens is 263 g/mol. The van der Waals surface area contributed by atoms with Gasteiger partial charge in [-0.25, -0.2) is 4.39 Å². The van der Waals surface area contributed by atoms with Crippen molar-refractivity contribution in [3.63, 3.8) is 0 Å². The van der Waals surface area contributed by atoms with E-state index in [2.05, 4.69) is 5.16 Å². The Morgan fingerprint density at radius 2 is 1.95 bits per heavy atom. The Balaban J connectivity index is 2.10. The second-order valence-electron chi connectivity index (χ2n) is 3.90. The van der Waals surface area contributed by atoms with Crippen molar-refractivity contribution in [3.05, 3.63) is 65.5 Å². The molecule has 2 rings (SSSR count). The van der Waals surface area contributed by atoms with Gasteiger partial charge in [-0.15, -0.1) is 11.8 Å². The normalized spacial score (nSPS) is 11.5. The van der Waals surface area contributed by atoms with Crippen molar-refractivity contribution >= 4 is 17.6 Å². The second-order valence-corrected chi connectivity index (χ2v) is 4.92. The number of halogens is 1. The molecule has 3 nitrogen and oxygen atoms in total. The van der Waals surface area contributed by atoms with Crippen LogP contribution in [-0.4, -0.2) is 11.0 Å². The zero-order valence-corrected chi connectivity index (χ0v) is 10.9. The fraction of sp³-hybridized carbons (Fsp3) is 0.0714. The van der Waals surface area contributed by atoms with Gasteiger partial charge < -0.3 is 10.9 Å². The molecule has 5 heteroatoms. The van der Waals surface area contributed by atoms with E-state index in [0.717, 1.165) is 5.56 Å². The molecule has 0 aliphatic heterocycles. The van der Waals surface area contributed by atoms with Crippen molar-refractivity contribution in [3.8, 4) is 0 Å². The number of oxime groups is 1. The van der Waals surface area contributed by atoms with Crippen molar-refractivity contribution < 1.29 is 9.60 Å². The fourth-order valence-electron chi connectivity index (χ4n) is 1.57. The van der Waals surface area contributed by atoms with Gasteiger partial charge in [0, 0.05) is 16.2 Å². The zero-order valence-electron chi connectivity index (χ0n) is 10.1. The minimum absolute atomic E-state index is 0.0986. The predicted octanol–water partition coefficient (Wildman–Crippen LogP) is 3.21. The SMILES string of the molecule is N/C(=N\O)c1ccc(SCc2ccccc2)c(F)c1. The van der Waals surface area contributed by atoms with Gasteiger partial charge in [0.05, 0.1) is 0 Å². The van der Waals surface area contributed by atoms with E-state index in [4.69, 9.17) is 10.9 Å². The Morgan fingerprint density at radius 3 is 2.58 bits per heavy atom. The van der Waals surface area contributed by atoms with Gasteiger partial charge in [0.1, 0.15) is 5.82 Å². The van der Waals surface area contributed by atoms with Crippen LogP contribution in [0.25, 0.3) is 0 Å². The zero-order chi connectivity index (χ0) is 13.7. The molecule has 2 aromatic carbocycles. The average Bonchev–Trinajstić information content (AvgIpc) is 2.46. The highest BCUT2D eigenvalue weighted by Crippen LogP contribution is 2.26. The summed E-state index contributed by atoms with van der Waals surface area (Å²) in [6.45, 7) is 0. The number of thioether (sulfide) groups is 1. The molecule has 3 N–H and O–H groups in total. The van der Waals surface area contributed by atoms with Gasteiger partial charge in [0.2, 0.25) is 0 Å². The second kappa shape index (κ2) is 6.24. The monoisotopic (exact) mass is 276 g/mol. The molecule has 0 atom stereocenters. The smallest absolute Gasteiger partial charge is 0.170 e. The van der Waals surface area contributed by atoms with Crippen LogP contribution in [0, 0.1) is 5.82 Å². The summed E-state index contributed by atoms with van der Waals surface area (Å²) in [6, 6.07) is 14.4. The molecule has 0 bridgehead atoms. The van der Waals surface area contributed by atoms with Crippen LogP contribution in [0.2, 0.25) is 0 Å². The van der Waals surface area contributed by atoms with Gasteiger partial charge in [-0.05, 0) is 23.8 Å². The lowest BCUT2D eigenvalue weighted by atomic mass is 10.2. The molecule has 19 heavy (non-hydrogen) atoms. The van der Waals surface area contributed by atoms with Crippen LogP contribution in [0.3, 0.4) is 0 Å². The van der Waals surface area contributed by atoms with Gasteiger partial charge in [-0.3, -0.25) is 0 Å². The van der Waals surface area contributed by atoms with E-state index in [1.54, 1.807) is 12.1 Å².